The molecular formula is C16H17N5O4. The van der Waals surface area contributed by atoms with Crippen molar-refractivity contribution in [2.75, 3.05) is 6.54 Å². The molecule has 0 unspecified atom stereocenters. The van der Waals surface area contributed by atoms with Crippen LogP contribution < -0.4 is 16.0 Å². The zero-order valence-electron chi connectivity index (χ0n) is 13.3. The van der Waals surface area contributed by atoms with E-state index in [4.69, 9.17) is 4.52 Å². The average Bonchev–Trinajstić information content (AvgIpc) is 3.14. The SMILES string of the molecule is O=C(C[C@H]1NC(=O)NC1=O)NCCc1nc(Cc2ccccc2)no1. The zero-order chi connectivity index (χ0) is 17.6. The van der Waals surface area contributed by atoms with E-state index < -0.39 is 18.0 Å². The second-order valence-electron chi connectivity index (χ2n) is 5.59. The number of nitrogens with zero attached hydrogens (tertiary/aromatic N) is 2. The molecule has 3 rings (SSSR count). The van der Waals surface area contributed by atoms with Gasteiger partial charge in [-0.1, -0.05) is 35.5 Å². The molecule has 9 heteroatoms. The summed E-state index contributed by atoms with van der Waals surface area (Å²) in [5, 5.41) is 11.0. The lowest BCUT2D eigenvalue weighted by atomic mass is 10.1. The van der Waals surface area contributed by atoms with Gasteiger partial charge < -0.3 is 15.2 Å². The van der Waals surface area contributed by atoms with Crippen LogP contribution in [0.25, 0.3) is 0 Å². The molecule has 1 saturated heterocycles. The van der Waals surface area contributed by atoms with Gasteiger partial charge in [-0.05, 0) is 5.56 Å². The first-order chi connectivity index (χ1) is 12.1. The highest BCUT2D eigenvalue weighted by Gasteiger charge is 2.31. The van der Waals surface area contributed by atoms with E-state index in [-0.39, 0.29) is 12.3 Å². The largest absolute Gasteiger partial charge is 0.356 e. The normalized spacial score (nSPS) is 16.4. The number of benzene rings is 1. The summed E-state index contributed by atoms with van der Waals surface area (Å²) in [4.78, 5) is 38.4. The summed E-state index contributed by atoms with van der Waals surface area (Å²) in [6.07, 6.45) is 0.852. The first kappa shape index (κ1) is 16.6. The Hall–Kier alpha value is -3.23. The predicted octanol–water partition coefficient (Wildman–Crippen LogP) is -0.0828. The number of carbonyl (C=O) groups is 3. The van der Waals surface area contributed by atoms with Gasteiger partial charge in [-0.15, -0.1) is 0 Å². The van der Waals surface area contributed by atoms with Crippen molar-refractivity contribution in [2.24, 2.45) is 0 Å². The summed E-state index contributed by atoms with van der Waals surface area (Å²) in [6, 6.07) is 8.38. The molecule has 1 aliphatic rings. The van der Waals surface area contributed by atoms with Gasteiger partial charge in [0.15, 0.2) is 5.82 Å². The van der Waals surface area contributed by atoms with Gasteiger partial charge in [0.2, 0.25) is 11.8 Å². The maximum absolute atomic E-state index is 11.8. The maximum Gasteiger partial charge on any atom is 0.322 e. The minimum atomic E-state index is -0.826. The number of amides is 4. The van der Waals surface area contributed by atoms with Crippen LogP contribution in [0.15, 0.2) is 34.9 Å². The summed E-state index contributed by atoms with van der Waals surface area (Å²) in [5.74, 6) is 0.171. The first-order valence-electron chi connectivity index (χ1n) is 7.83. The quantitative estimate of drug-likeness (QED) is 0.604. The molecule has 0 saturated carbocycles. The number of aromatic nitrogens is 2. The molecule has 1 aliphatic heterocycles. The average molecular weight is 343 g/mol. The number of imide groups is 1. The van der Waals surface area contributed by atoms with Crippen LogP contribution in [0.1, 0.15) is 23.7 Å². The van der Waals surface area contributed by atoms with Gasteiger partial charge in [0, 0.05) is 19.4 Å². The molecule has 0 bridgehead atoms. The topological polar surface area (TPSA) is 126 Å². The van der Waals surface area contributed by atoms with Crippen molar-refractivity contribution in [1.82, 2.24) is 26.1 Å². The van der Waals surface area contributed by atoms with Gasteiger partial charge in [-0.2, -0.15) is 4.98 Å². The van der Waals surface area contributed by atoms with Gasteiger partial charge in [-0.25, -0.2) is 4.79 Å². The van der Waals surface area contributed by atoms with Crippen LogP contribution in [-0.4, -0.2) is 40.6 Å². The zero-order valence-corrected chi connectivity index (χ0v) is 13.3. The van der Waals surface area contributed by atoms with Crippen molar-refractivity contribution < 1.29 is 18.9 Å². The van der Waals surface area contributed by atoms with Gasteiger partial charge in [0.25, 0.3) is 5.91 Å². The van der Waals surface area contributed by atoms with Crippen LogP contribution in [0.3, 0.4) is 0 Å². The standard InChI is InChI=1S/C16H17N5O4/c22-13(9-11-15(23)20-16(24)18-11)17-7-6-14-19-12(21-25-14)8-10-4-2-1-3-5-10/h1-5,11H,6-9H2,(H,17,22)(H2,18,20,23,24)/t11-/m1/s1. The fraction of sp³-hybridized carbons (Fsp3) is 0.312. The van der Waals surface area contributed by atoms with Crippen LogP contribution in [0.4, 0.5) is 4.79 Å². The Bertz CT molecular complexity index is 774. The Morgan fingerprint density at radius 3 is 2.76 bits per heavy atom. The Morgan fingerprint density at radius 2 is 2.04 bits per heavy atom. The van der Waals surface area contributed by atoms with Crippen molar-refractivity contribution in [2.45, 2.75) is 25.3 Å². The number of hydrogen-bond acceptors (Lipinski definition) is 6. The summed E-state index contributed by atoms with van der Waals surface area (Å²) in [6.45, 7) is 0.300. The molecule has 0 radical (unpaired) electrons. The molecule has 1 aromatic carbocycles. The minimum absolute atomic E-state index is 0.110. The fourth-order valence-electron chi connectivity index (χ4n) is 2.41. The van der Waals surface area contributed by atoms with Crippen LogP contribution in [-0.2, 0) is 22.4 Å². The number of hydrogen-bond donors (Lipinski definition) is 3. The van der Waals surface area contributed by atoms with E-state index >= 15 is 0 Å². The second kappa shape index (κ2) is 7.56. The monoisotopic (exact) mass is 343 g/mol. The Labute approximate surface area is 143 Å². The third kappa shape index (κ3) is 4.63. The fourth-order valence-corrected chi connectivity index (χ4v) is 2.41. The molecule has 1 fully saturated rings. The van der Waals surface area contributed by atoms with Crippen molar-refractivity contribution >= 4 is 17.8 Å². The lowest BCUT2D eigenvalue weighted by Crippen LogP contribution is -2.36. The smallest absolute Gasteiger partial charge is 0.322 e. The highest BCUT2D eigenvalue weighted by atomic mass is 16.5. The highest BCUT2D eigenvalue weighted by Crippen LogP contribution is 2.06. The van der Waals surface area contributed by atoms with E-state index in [1.807, 2.05) is 30.3 Å². The Kier molecular flexibility index (Phi) is 5.03. The molecule has 4 amide bonds. The molecular weight excluding hydrogens is 326 g/mol. The lowest BCUT2D eigenvalue weighted by molar-refractivity contribution is -0.126. The molecule has 2 aromatic rings. The van der Waals surface area contributed by atoms with E-state index in [1.54, 1.807) is 0 Å². The van der Waals surface area contributed by atoms with Crippen molar-refractivity contribution in [1.29, 1.82) is 0 Å². The minimum Gasteiger partial charge on any atom is -0.356 e. The van der Waals surface area contributed by atoms with Crippen molar-refractivity contribution in [3.63, 3.8) is 0 Å². The van der Waals surface area contributed by atoms with Gasteiger partial charge >= 0.3 is 6.03 Å². The highest BCUT2D eigenvalue weighted by molar-refractivity contribution is 6.05. The molecule has 2 heterocycles. The number of nitrogens with one attached hydrogen (secondary N) is 3. The molecule has 1 atom stereocenters. The molecule has 0 spiro atoms. The van der Waals surface area contributed by atoms with E-state index in [0.717, 1.165) is 5.56 Å². The van der Waals surface area contributed by atoms with E-state index in [0.29, 0.717) is 31.1 Å². The summed E-state index contributed by atoms with van der Waals surface area (Å²) < 4.78 is 5.15. The molecule has 3 N–H and O–H groups in total. The van der Waals surface area contributed by atoms with E-state index in [9.17, 15) is 14.4 Å². The summed E-state index contributed by atoms with van der Waals surface area (Å²) >= 11 is 0. The Balaban J connectivity index is 1.41. The number of carbonyl (C=O) groups excluding carboxylic acids is 3. The van der Waals surface area contributed by atoms with E-state index in [1.165, 1.54) is 0 Å². The van der Waals surface area contributed by atoms with Crippen LogP contribution in [0, 0.1) is 0 Å². The Morgan fingerprint density at radius 1 is 1.24 bits per heavy atom. The van der Waals surface area contributed by atoms with Gasteiger partial charge in [-0.3, -0.25) is 14.9 Å². The van der Waals surface area contributed by atoms with Crippen LogP contribution in [0.2, 0.25) is 0 Å². The molecule has 1 aromatic heterocycles. The van der Waals surface area contributed by atoms with Crippen molar-refractivity contribution in [3.05, 3.63) is 47.6 Å². The second-order valence-corrected chi connectivity index (χ2v) is 5.59. The summed E-state index contributed by atoms with van der Waals surface area (Å²) in [5.41, 5.74) is 1.08. The molecule has 0 aliphatic carbocycles. The predicted molar refractivity (Wildman–Crippen MR) is 85.3 cm³/mol. The molecule has 130 valence electrons. The lowest BCUT2D eigenvalue weighted by Gasteiger charge is -2.07. The molecule has 25 heavy (non-hydrogen) atoms. The summed E-state index contributed by atoms with van der Waals surface area (Å²) in [7, 11) is 0. The van der Waals surface area contributed by atoms with Gasteiger partial charge in [0.1, 0.15) is 6.04 Å². The third-order valence-electron chi connectivity index (χ3n) is 3.62. The van der Waals surface area contributed by atoms with E-state index in [2.05, 4.69) is 26.1 Å². The third-order valence-corrected chi connectivity index (χ3v) is 3.62. The number of rotatable bonds is 7. The first-order valence-corrected chi connectivity index (χ1v) is 7.83. The van der Waals surface area contributed by atoms with Crippen LogP contribution >= 0.6 is 0 Å². The number of urea groups is 1. The van der Waals surface area contributed by atoms with Crippen LogP contribution in [0.5, 0.6) is 0 Å². The molecule has 9 nitrogen and oxygen atoms in total. The maximum atomic E-state index is 11.8. The van der Waals surface area contributed by atoms with Crippen molar-refractivity contribution in [3.8, 4) is 0 Å². The van der Waals surface area contributed by atoms with Gasteiger partial charge in [0.05, 0.1) is 6.42 Å².